The van der Waals surface area contributed by atoms with Gasteiger partial charge in [-0.25, -0.2) is 10.2 Å². The molecule has 0 atom stereocenters. The third-order valence-electron chi connectivity index (χ3n) is 6.35. The molecule has 0 aliphatic carbocycles. The quantitative estimate of drug-likeness (QED) is 0.0748. The Bertz CT molecular complexity index is 1870. The van der Waals surface area contributed by atoms with E-state index < -0.39 is 11.9 Å². The first kappa shape index (κ1) is 30.0. The van der Waals surface area contributed by atoms with Crippen LogP contribution in [0.15, 0.2) is 91.3 Å². The van der Waals surface area contributed by atoms with Crippen LogP contribution in [0, 0.1) is 6.92 Å². The lowest BCUT2D eigenvalue weighted by Gasteiger charge is -2.11. The number of halogens is 4. The van der Waals surface area contributed by atoms with Crippen molar-refractivity contribution in [1.82, 2.24) is 10.4 Å². The Morgan fingerprint density at radius 1 is 0.976 bits per heavy atom. The molecule has 4 aromatic carbocycles. The summed E-state index contributed by atoms with van der Waals surface area (Å²) in [5.41, 5.74) is 6.57. The smallest absolute Gasteiger partial charge is 0.343 e. The number of benzene rings is 4. The van der Waals surface area contributed by atoms with Crippen molar-refractivity contribution in [2.24, 2.45) is 5.10 Å². The standard InChI is InChI=1S/C31H21Br3ClN3O4/c1-16-7-9-17(10-8-16)31(40)42-29-18(13-19(32)14-22(29)34)15-36-38-30(39)28-25(20-5-3-4-6-23(20)35)26-21(33)11-12-24(41-2)27(26)37-28/h3-15,37H,1-2H3,(H,38,39). The SMILES string of the molecule is COc1ccc(Br)c2c(-c3ccccc3Cl)c(C(=O)NN=Cc3cc(Br)cc(Br)c3OC(=O)c3ccc(C)cc3)[nH]c12. The molecule has 0 fully saturated rings. The first-order chi connectivity index (χ1) is 20.2. The molecule has 0 bridgehead atoms. The molecule has 2 N–H and O–H groups in total. The molecular weight excluding hydrogens is 754 g/mol. The molecule has 0 aliphatic heterocycles. The van der Waals surface area contributed by atoms with Gasteiger partial charge in [0.2, 0.25) is 0 Å². The topological polar surface area (TPSA) is 92.8 Å². The van der Waals surface area contributed by atoms with Crippen LogP contribution in [0.1, 0.15) is 32.0 Å². The number of carbonyl (C=O) groups is 2. The maximum Gasteiger partial charge on any atom is 0.343 e. The molecule has 0 saturated heterocycles. The summed E-state index contributed by atoms with van der Waals surface area (Å²) in [4.78, 5) is 29.6. The Morgan fingerprint density at radius 3 is 2.43 bits per heavy atom. The predicted molar refractivity (Wildman–Crippen MR) is 176 cm³/mol. The number of fused-ring (bicyclic) bond motifs is 1. The molecule has 5 aromatic rings. The fourth-order valence-corrected chi connectivity index (χ4v) is 6.45. The molecule has 5 rings (SSSR count). The molecule has 0 unspecified atom stereocenters. The Labute approximate surface area is 271 Å². The monoisotopic (exact) mass is 771 g/mol. The molecule has 1 amide bonds. The third-order valence-corrected chi connectivity index (χ3v) is 8.38. The fraction of sp³-hybridized carbons (Fsp3) is 0.0645. The average Bonchev–Trinajstić information content (AvgIpc) is 3.37. The van der Waals surface area contributed by atoms with Crippen LogP contribution in [0.2, 0.25) is 5.02 Å². The predicted octanol–water partition coefficient (Wildman–Crippen LogP) is 9.08. The second-order valence-corrected chi connectivity index (χ2v) is 12.1. The fourth-order valence-electron chi connectivity index (χ4n) is 4.35. The summed E-state index contributed by atoms with van der Waals surface area (Å²) in [6.07, 6.45) is 1.40. The summed E-state index contributed by atoms with van der Waals surface area (Å²) in [5, 5.41) is 5.40. The Kier molecular flexibility index (Phi) is 9.17. The zero-order valence-corrected chi connectivity index (χ0v) is 27.6. The molecule has 0 saturated carbocycles. The second-order valence-electron chi connectivity index (χ2n) is 9.12. The van der Waals surface area contributed by atoms with E-state index in [1.807, 2.05) is 43.3 Å². The molecule has 1 heterocycles. The highest BCUT2D eigenvalue weighted by molar-refractivity contribution is 9.11. The number of esters is 1. The molecule has 11 heteroatoms. The van der Waals surface area contributed by atoms with Crippen molar-refractivity contribution in [3.63, 3.8) is 0 Å². The van der Waals surface area contributed by atoms with Crippen molar-refractivity contribution < 1.29 is 19.1 Å². The number of carbonyl (C=O) groups excluding carboxylic acids is 2. The highest BCUT2D eigenvalue weighted by Crippen LogP contribution is 2.43. The summed E-state index contributed by atoms with van der Waals surface area (Å²) < 4.78 is 13.3. The van der Waals surface area contributed by atoms with Gasteiger partial charge in [-0.2, -0.15) is 5.10 Å². The summed E-state index contributed by atoms with van der Waals surface area (Å²) in [6, 6.07) is 21.4. The number of amides is 1. The van der Waals surface area contributed by atoms with Crippen LogP contribution in [0.4, 0.5) is 0 Å². The summed E-state index contributed by atoms with van der Waals surface area (Å²) >= 11 is 17.1. The first-order valence-electron chi connectivity index (χ1n) is 12.4. The van der Waals surface area contributed by atoms with E-state index in [4.69, 9.17) is 21.1 Å². The van der Waals surface area contributed by atoms with Gasteiger partial charge >= 0.3 is 5.97 Å². The summed E-state index contributed by atoms with van der Waals surface area (Å²) in [6.45, 7) is 1.94. The van der Waals surface area contributed by atoms with Crippen molar-refractivity contribution >= 4 is 88.4 Å². The van der Waals surface area contributed by atoms with E-state index in [-0.39, 0.29) is 11.4 Å². The van der Waals surface area contributed by atoms with Gasteiger partial charge in [0.05, 0.1) is 28.9 Å². The van der Waals surface area contributed by atoms with E-state index in [0.717, 1.165) is 15.4 Å². The third kappa shape index (κ3) is 6.17. The highest BCUT2D eigenvalue weighted by atomic mass is 79.9. The van der Waals surface area contributed by atoms with Gasteiger partial charge < -0.3 is 14.5 Å². The molecule has 212 valence electrons. The minimum absolute atomic E-state index is 0.238. The van der Waals surface area contributed by atoms with Crippen molar-refractivity contribution in [2.45, 2.75) is 6.92 Å². The van der Waals surface area contributed by atoms with Crippen LogP contribution >= 0.6 is 59.4 Å². The number of methoxy groups -OCH3 is 1. The van der Waals surface area contributed by atoms with Crippen molar-refractivity contribution in [2.75, 3.05) is 7.11 Å². The van der Waals surface area contributed by atoms with Crippen LogP contribution in [-0.4, -0.2) is 30.2 Å². The minimum atomic E-state index is -0.529. The zero-order valence-electron chi connectivity index (χ0n) is 22.1. The first-order valence-corrected chi connectivity index (χ1v) is 15.2. The van der Waals surface area contributed by atoms with Gasteiger partial charge in [-0.15, -0.1) is 0 Å². The number of aromatic amines is 1. The van der Waals surface area contributed by atoms with E-state index in [2.05, 4.69) is 63.3 Å². The largest absolute Gasteiger partial charge is 0.495 e. The molecule has 0 radical (unpaired) electrons. The van der Waals surface area contributed by atoms with Gasteiger partial charge in [-0.05, 0) is 65.3 Å². The van der Waals surface area contributed by atoms with Gasteiger partial charge in [0.1, 0.15) is 11.4 Å². The Morgan fingerprint density at radius 2 is 1.71 bits per heavy atom. The molecule has 1 aromatic heterocycles. The molecule has 0 spiro atoms. The second kappa shape index (κ2) is 12.8. The normalized spacial score (nSPS) is 11.2. The number of nitrogens with zero attached hydrogens (tertiary/aromatic N) is 1. The number of hydrogen-bond donors (Lipinski definition) is 2. The minimum Gasteiger partial charge on any atom is -0.495 e. The number of ether oxygens (including phenoxy) is 2. The molecule has 7 nitrogen and oxygen atoms in total. The number of rotatable bonds is 7. The Balaban J connectivity index is 1.49. The number of H-pyrrole nitrogens is 1. The van der Waals surface area contributed by atoms with Crippen LogP contribution in [-0.2, 0) is 0 Å². The zero-order chi connectivity index (χ0) is 30.0. The van der Waals surface area contributed by atoms with E-state index >= 15 is 0 Å². The average molecular weight is 775 g/mol. The number of aryl methyl sites for hydroxylation is 1. The van der Waals surface area contributed by atoms with Gasteiger partial charge in [-0.3, -0.25) is 4.79 Å². The number of hydrazone groups is 1. The van der Waals surface area contributed by atoms with Gasteiger partial charge in [0.25, 0.3) is 5.91 Å². The van der Waals surface area contributed by atoms with Gasteiger partial charge in [0.15, 0.2) is 5.75 Å². The molecular formula is C31H21Br3ClN3O4. The number of hydrogen-bond acceptors (Lipinski definition) is 5. The lowest BCUT2D eigenvalue weighted by atomic mass is 10.0. The lowest BCUT2D eigenvalue weighted by molar-refractivity contribution is 0.0733. The van der Waals surface area contributed by atoms with E-state index in [1.54, 1.807) is 43.5 Å². The van der Waals surface area contributed by atoms with Crippen LogP contribution in [0.3, 0.4) is 0 Å². The van der Waals surface area contributed by atoms with Gasteiger partial charge in [0, 0.05) is 36.0 Å². The summed E-state index contributed by atoms with van der Waals surface area (Å²) in [7, 11) is 1.56. The number of nitrogens with one attached hydrogen (secondary N) is 2. The maximum atomic E-state index is 13.6. The van der Waals surface area contributed by atoms with E-state index in [0.29, 0.717) is 47.5 Å². The highest BCUT2D eigenvalue weighted by Gasteiger charge is 2.24. The van der Waals surface area contributed by atoms with Crippen LogP contribution < -0.4 is 14.9 Å². The molecule has 42 heavy (non-hydrogen) atoms. The van der Waals surface area contributed by atoms with Crippen molar-refractivity contribution in [3.05, 3.63) is 114 Å². The lowest BCUT2D eigenvalue weighted by Crippen LogP contribution is -2.19. The van der Waals surface area contributed by atoms with Crippen LogP contribution in [0.5, 0.6) is 11.5 Å². The van der Waals surface area contributed by atoms with E-state index in [1.165, 1.54) is 6.21 Å². The number of aromatic nitrogens is 1. The van der Waals surface area contributed by atoms with Crippen molar-refractivity contribution in [1.29, 1.82) is 0 Å². The maximum absolute atomic E-state index is 13.6. The van der Waals surface area contributed by atoms with Gasteiger partial charge in [-0.1, -0.05) is 79.4 Å². The van der Waals surface area contributed by atoms with Crippen molar-refractivity contribution in [3.8, 4) is 22.6 Å². The van der Waals surface area contributed by atoms with Crippen LogP contribution in [0.25, 0.3) is 22.0 Å². The Hall–Kier alpha value is -3.44. The molecule has 0 aliphatic rings. The summed E-state index contributed by atoms with van der Waals surface area (Å²) in [5.74, 6) is -0.238. The van der Waals surface area contributed by atoms with E-state index in [9.17, 15) is 9.59 Å².